The predicted octanol–water partition coefficient (Wildman–Crippen LogP) is 3.79. The van der Waals surface area contributed by atoms with E-state index in [1.165, 1.54) is 4.67 Å². The number of nitriles is 1. The van der Waals surface area contributed by atoms with Crippen molar-refractivity contribution in [3.05, 3.63) is 65.2 Å². The highest BCUT2D eigenvalue weighted by molar-refractivity contribution is 7.52. The Morgan fingerprint density at radius 3 is 2.85 bits per heavy atom. The van der Waals surface area contributed by atoms with E-state index in [0.29, 0.717) is 12.2 Å². The first-order valence-electron chi connectivity index (χ1n) is 8.56. The van der Waals surface area contributed by atoms with E-state index in [1.807, 2.05) is 55.5 Å². The number of hydrogen-bond donors (Lipinski definition) is 0. The summed E-state index contributed by atoms with van der Waals surface area (Å²) in [7, 11) is -3.77. The minimum atomic E-state index is -3.77. The number of amidine groups is 1. The zero-order valence-corrected chi connectivity index (χ0v) is 15.6. The van der Waals surface area contributed by atoms with Crippen LogP contribution in [0.3, 0.4) is 0 Å². The van der Waals surface area contributed by atoms with E-state index in [9.17, 15) is 4.57 Å². The van der Waals surface area contributed by atoms with E-state index >= 15 is 0 Å². The van der Waals surface area contributed by atoms with Crippen molar-refractivity contribution in [1.29, 1.82) is 5.26 Å². The Labute approximate surface area is 157 Å². The predicted molar refractivity (Wildman–Crippen MR) is 99.0 cm³/mol. The van der Waals surface area contributed by atoms with Gasteiger partial charge < -0.3 is 9.26 Å². The summed E-state index contributed by atoms with van der Waals surface area (Å²) in [5.41, 5.74) is 2.75. The van der Waals surface area contributed by atoms with Crippen molar-refractivity contribution in [3.63, 3.8) is 0 Å². The van der Waals surface area contributed by atoms with Gasteiger partial charge >= 0.3 is 13.8 Å². The smallest absolute Gasteiger partial charge is 0.462 e. The van der Waals surface area contributed by atoms with Crippen molar-refractivity contribution < 1.29 is 18.3 Å². The number of para-hydroxylation sites is 1. The average Bonchev–Trinajstić information content (AvgIpc) is 3.07. The zero-order chi connectivity index (χ0) is 18.9. The molecule has 2 aromatic carbocycles. The summed E-state index contributed by atoms with van der Waals surface area (Å²) in [6.45, 7) is 2.29. The van der Waals surface area contributed by atoms with Crippen LogP contribution in [0.5, 0.6) is 5.75 Å². The highest BCUT2D eigenvalue weighted by Gasteiger charge is 2.50. The van der Waals surface area contributed by atoms with Gasteiger partial charge in [0.05, 0.1) is 12.6 Å². The number of fused-ring (bicyclic) bond motifs is 1. The van der Waals surface area contributed by atoms with E-state index in [4.69, 9.17) is 19.0 Å². The van der Waals surface area contributed by atoms with Gasteiger partial charge in [-0.3, -0.25) is 4.52 Å². The highest BCUT2D eigenvalue weighted by Crippen LogP contribution is 2.59. The molecule has 0 saturated carbocycles. The molecule has 2 aliphatic rings. The van der Waals surface area contributed by atoms with Gasteiger partial charge in [0, 0.05) is 5.56 Å². The molecular weight excluding hydrogens is 365 g/mol. The van der Waals surface area contributed by atoms with Crippen molar-refractivity contribution in [2.45, 2.75) is 26.0 Å². The minimum absolute atomic E-state index is 0.0289. The van der Waals surface area contributed by atoms with Gasteiger partial charge in [-0.2, -0.15) is 5.26 Å². The number of hydrogen-bond acceptors (Lipinski definition) is 6. The van der Waals surface area contributed by atoms with Gasteiger partial charge in [-0.25, -0.2) is 9.24 Å². The van der Waals surface area contributed by atoms with Gasteiger partial charge in [-0.15, -0.1) is 4.99 Å². The molecule has 8 heteroatoms. The third kappa shape index (κ3) is 3.30. The van der Waals surface area contributed by atoms with Crippen LogP contribution in [-0.4, -0.2) is 23.3 Å². The van der Waals surface area contributed by atoms with Crippen LogP contribution in [0, 0.1) is 18.4 Å². The molecule has 2 aromatic rings. The summed E-state index contributed by atoms with van der Waals surface area (Å²) in [4.78, 5) is 3.69. The molecule has 2 aliphatic heterocycles. The summed E-state index contributed by atoms with van der Waals surface area (Å²) in [5.74, 6) is 0.550. The number of benzene rings is 2. The van der Waals surface area contributed by atoms with E-state index in [1.54, 1.807) is 6.19 Å². The number of aryl methyl sites for hydroxylation is 1. The average molecular weight is 383 g/mol. The number of aliphatic imine (C=N–C) groups is 1. The Morgan fingerprint density at radius 2 is 2.07 bits per heavy atom. The van der Waals surface area contributed by atoms with Crippen LogP contribution < -0.4 is 4.52 Å². The van der Waals surface area contributed by atoms with E-state index < -0.39 is 7.75 Å². The molecule has 0 spiro atoms. The topological polar surface area (TPSA) is 84.2 Å². The van der Waals surface area contributed by atoms with Gasteiger partial charge in [0.2, 0.25) is 6.19 Å². The maximum absolute atomic E-state index is 13.6. The molecule has 7 nitrogen and oxygen atoms in total. The van der Waals surface area contributed by atoms with Gasteiger partial charge in [0.15, 0.2) is 0 Å². The Kier molecular flexibility index (Phi) is 4.61. The fourth-order valence-electron chi connectivity index (χ4n) is 3.28. The molecule has 0 aliphatic carbocycles. The maximum Gasteiger partial charge on any atom is 0.493 e. The standard InChI is InChI=1S/C19H18N3O4P/c1-14-6-5-9-16-11-25-27(23,26-18(14)16)22-17(12-24-19(22)21-13-20)10-15-7-3-2-4-8-15/h2-9,17H,10-12H2,1H3/t17-,27-/m1/s1. The van der Waals surface area contributed by atoms with Crippen LogP contribution in [0.1, 0.15) is 16.7 Å². The van der Waals surface area contributed by atoms with Gasteiger partial charge in [0.1, 0.15) is 12.4 Å². The molecule has 0 amide bonds. The van der Waals surface area contributed by atoms with Gasteiger partial charge in [0.25, 0.3) is 0 Å². The molecule has 0 aromatic heterocycles. The molecule has 138 valence electrons. The van der Waals surface area contributed by atoms with Crippen molar-refractivity contribution in [3.8, 4) is 11.9 Å². The molecule has 0 unspecified atom stereocenters. The van der Waals surface area contributed by atoms with Crippen LogP contribution in [0.25, 0.3) is 0 Å². The molecule has 2 atom stereocenters. The fourth-order valence-corrected chi connectivity index (χ4v) is 5.20. The van der Waals surface area contributed by atoms with Crippen molar-refractivity contribution in [1.82, 2.24) is 4.67 Å². The van der Waals surface area contributed by atoms with Crippen molar-refractivity contribution in [2.75, 3.05) is 6.61 Å². The second-order valence-corrected chi connectivity index (χ2v) is 8.20. The van der Waals surface area contributed by atoms with Crippen LogP contribution in [0.4, 0.5) is 0 Å². The van der Waals surface area contributed by atoms with Crippen molar-refractivity contribution >= 4 is 13.8 Å². The largest absolute Gasteiger partial charge is 0.493 e. The lowest BCUT2D eigenvalue weighted by Crippen LogP contribution is -2.36. The van der Waals surface area contributed by atoms with Gasteiger partial charge in [-0.1, -0.05) is 48.5 Å². The summed E-state index contributed by atoms with van der Waals surface area (Å²) in [6, 6.07) is 15.1. The fraction of sp³-hybridized carbons (Fsp3) is 0.263. The lowest BCUT2D eigenvalue weighted by atomic mass is 10.1. The van der Waals surface area contributed by atoms with Crippen molar-refractivity contribution in [2.24, 2.45) is 4.99 Å². The molecule has 27 heavy (non-hydrogen) atoms. The summed E-state index contributed by atoms with van der Waals surface area (Å²) in [5, 5.41) is 8.99. The third-order valence-electron chi connectivity index (χ3n) is 4.55. The molecule has 4 rings (SSSR count). The lowest BCUT2D eigenvalue weighted by molar-refractivity contribution is 0.194. The normalized spacial score (nSPS) is 25.4. The SMILES string of the molecule is Cc1cccc2c1O[P@@](=O)(N1C(=NC#N)OC[C@H]1Cc1ccccc1)OC2. The lowest BCUT2D eigenvalue weighted by Gasteiger charge is -2.34. The zero-order valence-electron chi connectivity index (χ0n) is 14.7. The summed E-state index contributed by atoms with van der Waals surface area (Å²) >= 11 is 0. The Hall–Kier alpha value is -2.81. The molecule has 0 N–H and O–H groups in total. The second-order valence-electron chi connectivity index (χ2n) is 6.39. The molecule has 1 saturated heterocycles. The first-order chi connectivity index (χ1) is 13.1. The number of rotatable bonds is 3. The van der Waals surface area contributed by atoms with Crippen LogP contribution in [0.2, 0.25) is 0 Å². The van der Waals surface area contributed by atoms with E-state index in [-0.39, 0.29) is 25.3 Å². The Morgan fingerprint density at radius 1 is 1.26 bits per heavy atom. The van der Waals surface area contributed by atoms with E-state index in [2.05, 4.69) is 4.99 Å². The quantitative estimate of drug-likeness (QED) is 0.592. The first-order valence-corrected chi connectivity index (χ1v) is 10.1. The molecule has 2 heterocycles. The molecule has 0 radical (unpaired) electrons. The first kappa shape index (κ1) is 17.6. The number of nitrogens with zero attached hydrogens (tertiary/aromatic N) is 3. The number of ether oxygens (including phenoxy) is 1. The van der Waals surface area contributed by atoms with Gasteiger partial charge in [-0.05, 0) is 24.5 Å². The highest BCUT2D eigenvalue weighted by atomic mass is 31.2. The van der Waals surface area contributed by atoms with Crippen LogP contribution in [-0.2, 0) is 26.9 Å². The Balaban J connectivity index is 1.69. The minimum Gasteiger partial charge on any atom is -0.462 e. The summed E-state index contributed by atoms with van der Waals surface area (Å²) in [6.07, 6.45) is 2.26. The molecule has 1 fully saturated rings. The van der Waals surface area contributed by atoms with Crippen LogP contribution in [0.15, 0.2) is 53.5 Å². The van der Waals surface area contributed by atoms with Crippen LogP contribution >= 0.6 is 7.75 Å². The molecular formula is C19H18N3O4P. The third-order valence-corrected chi connectivity index (χ3v) is 6.45. The monoisotopic (exact) mass is 383 g/mol. The van der Waals surface area contributed by atoms with E-state index in [0.717, 1.165) is 16.7 Å². The maximum atomic E-state index is 13.6. The Bertz CT molecular complexity index is 971. The summed E-state index contributed by atoms with van der Waals surface area (Å²) < 4.78 is 32.1. The molecule has 0 bridgehead atoms. The second kappa shape index (κ2) is 7.07.